The molecule has 0 saturated carbocycles. The lowest BCUT2D eigenvalue weighted by molar-refractivity contribution is -0.145. The fourth-order valence-corrected chi connectivity index (χ4v) is 3.24. The summed E-state index contributed by atoms with van der Waals surface area (Å²) in [6.07, 6.45) is -1.57. The molecule has 1 fully saturated rings. The Morgan fingerprint density at radius 3 is 2.09 bits per heavy atom. The van der Waals surface area contributed by atoms with Crippen LogP contribution in [0.2, 0.25) is 0 Å². The van der Waals surface area contributed by atoms with Crippen molar-refractivity contribution in [3.63, 3.8) is 0 Å². The Balaban J connectivity index is 2.91. The van der Waals surface area contributed by atoms with Gasteiger partial charge in [-0.05, 0) is 19.3 Å². The maximum Gasteiger partial charge on any atom is 0.326 e. The molecule has 15 heteroatoms. The summed E-state index contributed by atoms with van der Waals surface area (Å²) < 4.78 is 0. The number of hydrogen-bond acceptors (Lipinski definition) is 8. The van der Waals surface area contributed by atoms with Gasteiger partial charge in [-0.3, -0.25) is 28.8 Å². The fraction of sp³-hybridized carbons (Fsp3) is 0.611. The zero-order chi connectivity index (χ0) is 25.3. The summed E-state index contributed by atoms with van der Waals surface area (Å²) in [6.45, 7) is 0.146. The second-order valence-electron chi connectivity index (χ2n) is 7.46. The van der Waals surface area contributed by atoms with E-state index in [4.69, 9.17) is 26.8 Å². The van der Waals surface area contributed by atoms with E-state index in [1.54, 1.807) is 0 Å². The molecule has 0 aromatic rings. The molecule has 0 aliphatic carbocycles. The third-order valence-electron chi connectivity index (χ3n) is 4.86. The standard InChI is InChI=1S/C18H27N5O10/c19-8(3-4-13(25)26)17(31)23-5-1-2-11(23)16(30)21-9(7-14(27)28)15(29)22-10(18(32)33)6-12(20)24/h8-11H,1-7,19H2,(H2,20,24)(H,21,30)(H,22,29)(H,25,26)(H,27,28)(H,32,33). The van der Waals surface area contributed by atoms with Crippen LogP contribution >= 0.6 is 0 Å². The van der Waals surface area contributed by atoms with Crippen molar-refractivity contribution < 1.29 is 48.9 Å². The lowest BCUT2D eigenvalue weighted by atomic mass is 10.1. The average Bonchev–Trinajstić information content (AvgIpc) is 3.19. The molecule has 1 saturated heterocycles. The number of carboxylic acid groups (broad SMARTS) is 3. The minimum absolute atomic E-state index is 0.146. The number of rotatable bonds is 13. The molecule has 9 N–H and O–H groups in total. The first-order chi connectivity index (χ1) is 15.3. The molecule has 0 radical (unpaired) electrons. The first kappa shape index (κ1) is 27.3. The molecule has 4 amide bonds. The van der Waals surface area contributed by atoms with Gasteiger partial charge in [0.2, 0.25) is 23.6 Å². The monoisotopic (exact) mass is 473 g/mol. The molecule has 184 valence electrons. The van der Waals surface area contributed by atoms with Crippen LogP contribution in [0.4, 0.5) is 0 Å². The second kappa shape index (κ2) is 12.3. The van der Waals surface area contributed by atoms with E-state index >= 15 is 0 Å². The summed E-state index contributed by atoms with van der Waals surface area (Å²) in [5.41, 5.74) is 10.7. The molecule has 0 aromatic carbocycles. The van der Waals surface area contributed by atoms with Crippen LogP contribution in [0.15, 0.2) is 0 Å². The number of nitrogens with one attached hydrogen (secondary N) is 2. The van der Waals surface area contributed by atoms with E-state index in [0.717, 1.165) is 4.90 Å². The molecule has 4 unspecified atom stereocenters. The molecule has 0 bridgehead atoms. The topological polar surface area (TPSA) is 260 Å². The van der Waals surface area contributed by atoms with Crippen molar-refractivity contribution in [2.24, 2.45) is 11.5 Å². The minimum Gasteiger partial charge on any atom is -0.481 e. The maximum atomic E-state index is 12.7. The summed E-state index contributed by atoms with van der Waals surface area (Å²) in [6, 6.07) is -5.70. The second-order valence-corrected chi connectivity index (χ2v) is 7.46. The van der Waals surface area contributed by atoms with Crippen molar-refractivity contribution in [2.75, 3.05) is 6.54 Å². The van der Waals surface area contributed by atoms with Gasteiger partial charge < -0.3 is 42.3 Å². The van der Waals surface area contributed by atoms with Gasteiger partial charge in [-0.15, -0.1) is 0 Å². The van der Waals surface area contributed by atoms with Crippen LogP contribution in [-0.4, -0.2) is 92.5 Å². The first-order valence-electron chi connectivity index (χ1n) is 9.95. The van der Waals surface area contributed by atoms with E-state index in [0.29, 0.717) is 6.42 Å². The highest BCUT2D eigenvalue weighted by Gasteiger charge is 2.38. The predicted octanol–water partition coefficient (Wildman–Crippen LogP) is -3.43. The highest BCUT2D eigenvalue weighted by molar-refractivity contribution is 5.96. The maximum absolute atomic E-state index is 12.7. The van der Waals surface area contributed by atoms with Crippen LogP contribution in [0.5, 0.6) is 0 Å². The lowest BCUT2D eigenvalue weighted by Crippen LogP contribution is -2.57. The Hall–Kier alpha value is -3.75. The van der Waals surface area contributed by atoms with E-state index < -0.39 is 78.5 Å². The van der Waals surface area contributed by atoms with Gasteiger partial charge in [0.25, 0.3) is 0 Å². The minimum atomic E-state index is -1.74. The van der Waals surface area contributed by atoms with Crippen molar-refractivity contribution in [3.8, 4) is 0 Å². The van der Waals surface area contributed by atoms with E-state index in [1.807, 2.05) is 5.32 Å². The molecular formula is C18H27N5O10. The SMILES string of the molecule is NC(=O)CC(NC(=O)C(CC(=O)O)NC(=O)C1CCCN1C(=O)C(N)CCC(=O)O)C(=O)O. The largest absolute Gasteiger partial charge is 0.481 e. The zero-order valence-electron chi connectivity index (χ0n) is 17.6. The van der Waals surface area contributed by atoms with Crippen molar-refractivity contribution in [1.29, 1.82) is 0 Å². The van der Waals surface area contributed by atoms with Crippen LogP contribution < -0.4 is 22.1 Å². The number of aliphatic carboxylic acids is 3. The number of carboxylic acids is 3. The highest BCUT2D eigenvalue weighted by atomic mass is 16.4. The van der Waals surface area contributed by atoms with E-state index in [1.165, 1.54) is 0 Å². The quantitative estimate of drug-likeness (QED) is 0.138. The highest BCUT2D eigenvalue weighted by Crippen LogP contribution is 2.19. The van der Waals surface area contributed by atoms with E-state index in [2.05, 4.69) is 5.32 Å². The Kier molecular flexibility index (Phi) is 10.2. The molecule has 15 nitrogen and oxygen atoms in total. The smallest absolute Gasteiger partial charge is 0.326 e. The lowest BCUT2D eigenvalue weighted by Gasteiger charge is -2.28. The summed E-state index contributed by atoms with van der Waals surface area (Å²) in [7, 11) is 0. The molecule has 1 aliphatic rings. The number of carbonyl (C=O) groups is 7. The third kappa shape index (κ3) is 8.72. The molecular weight excluding hydrogens is 446 g/mol. The summed E-state index contributed by atoms with van der Waals surface area (Å²) in [5, 5.41) is 31.0. The molecule has 1 aliphatic heterocycles. The van der Waals surface area contributed by atoms with Crippen LogP contribution in [0.25, 0.3) is 0 Å². The van der Waals surface area contributed by atoms with Crippen LogP contribution in [-0.2, 0) is 33.6 Å². The summed E-state index contributed by atoms with van der Waals surface area (Å²) >= 11 is 0. The number of likely N-dealkylation sites (tertiary alicyclic amines) is 1. The first-order valence-corrected chi connectivity index (χ1v) is 9.95. The number of carbonyl (C=O) groups excluding carboxylic acids is 4. The predicted molar refractivity (Wildman–Crippen MR) is 107 cm³/mol. The molecule has 4 atom stereocenters. The Bertz CT molecular complexity index is 816. The summed E-state index contributed by atoms with van der Waals surface area (Å²) in [4.78, 5) is 82.9. The third-order valence-corrected chi connectivity index (χ3v) is 4.86. The molecule has 1 rings (SSSR count). The van der Waals surface area contributed by atoms with Crippen molar-refractivity contribution in [1.82, 2.24) is 15.5 Å². The molecule has 0 aromatic heterocycles. The van der Waals surface area contributed by atoms with E-state index in [9.17, 15) is 33.6 Å². The average molecular weight is 473 g/mol. The van der Waals surface area contributed by atoms with Crippen molar-refractivity contribution >= 4 is 41.5 Å². The van der Waals surface area contributed by atoms with Gasteiger partial charge in [0.15, 0.2) is 0 Å². The van der Waals surface area contributed by atoms with Gasteiger partial charge in [0.1, 0.15) is 18.1 Å². The van der Waals surface area contributed by atoms with Gasteiger partial charge in [0, 0.05) is 13.0 Å². The number of primary amides is 1. The van der Waals surface area contributed by atoms with Crippen molar-refractivity contribution in [2.45, 2.75) is 62.7 Å². The Morgan fingerprint density at radius 1 is 0.939 bits per heavy atom. The Morgan fingerprint density at radius 2 is 1.58 bits per heavy atom. The number of amides is 4. The van der Waals surface area contributed by atoms with Gasteiger partial charge in [-0.1, -0.05) is 0 Å². The van der Waals surface area contributed by atoms with E-state index in [-0.39, 0.29) is 25.8 Å². The number of nitrogens with two attached hydrogens (primary N) is 2. The van der Waals surface area contributed by atoms with Crippen molar-refractivity contribution in [3.05, 3.63) is 0 Å². The number of nitrogens with zero attached hydrogens (tertiary/aromatic N) is 1. The van der Waals surface area contributed by atoms with Crippen LogP contribution in [0, 0.1) is 0 Å². The molecule has 1 heterocycles. The molecule has 33 heavy (non-hydrogen) atoms. The van der Waals surface area contributed by atoms with Crippen LogP contribution in [0.3, 0.4) is 0 Å². The normalized spacial score (nSPS) is 18.0. The van der Waals surface area contributed by atoms with Gasteiger partial charge in [0.05, 0.1) is 18.9 Å². The zero-order valence-corrected chi connectivity index (χ0v) is 17.6. The van der Waals surface area contributed by atoms with Crippen LogP contribution in [0.1, 0.15) is 38.5 Å². The Labute approximate surface area is 187 Å². The van der Waals surface area contributed by atoms with Gasteiger partial charge >= 0.3 is 17.9 Å². The number of hydrogen-bond donors (Lipinski definition) is 7. The van der Waals surface area contributed by atoms with Gasteiger partial charge in [-0.25, -0.2) is 4.79 Å². The summed E-state index contributed by atoms with van der Waals surface area (Å²) in [5.74, 6) is -7.95. The fourth-order valence-electron chi connectivity index (χ4n) is 3.24. The van der Waals surface area contributed by atoms with Gasteiger partial charge in [-0.2, -0.15) is 0 Å². The molecule has 0 spiro atoms.